The molecule has 1 aromatic carbocycles. The van der Waals surface area contributed by atoms with Crippen molar-refractivity contribution in [2.24, 2.45) is 7.05 Å². The van der Waals surface area contributed by atoms with Crippen molar-refractivity contribution in [3.05, 3.63) is 57.5 Å². The minimum absolute atomic E-state index is 0.159. The Kier molecular flexibility index (Phi) is 7.97. The summed E-state index contributed by atoms with van der Waals surface area (Å²) in [5.41, 5.74) is 2.38. The zero-order valence-electron chi connectivity index (χ0n) is 19.3. The third-order valence-electron chi connectivity index (χ3n) is 5.29. The number of hydrogen-bond acceptors (Lipinski definition) is 4. The summed E-state index contributed by atoms with van der Waals surface area (Å²) < 4.78 is 2.64. The lowest BCUT2D eigenvalue weighted by molar-refractivity contribution is 0.0989. The fourth-order valence-corrected chi connectivity index (χ4v) is 5.39. The van der Waals surface area contributed by atoms with Crippen LogP contribution in [0.3, 0.4) is 0 Å². The number of nitrogens with one attached hydrogen (secondary N) is 1. The van der Waals surface area contributed by atoms with Gasteiger partial charge in [-0.05, 0) is 85.8 Å². The minimum atomic E-state index is -0.890. The molecule has 2 amide bonds. The number of aryl methyl sites for hydroxylation is 2. The van der Waals surface area contributed by atoms with Crippen molar-refractivity contribution < 1.29 is 14.7 Å². The van der Waals surface area contributed by atoms with Crippen LogP contribution < -0.4 is 5.32 Å². The molecule has 0 saturated heterocycles. The summed E-state index contributed by atoms with van der Waals surface area (Å²) in [5.74, 6) is -0.159. The van der Waals surface area contributed by atoms with Gasteiger partial charge < -0.3 is 15.3 Å². The van der Waals surface area contributed by atoms with E-state index in [-0.39, 0.29) is 5.91 Å². The first-order valence-electron chi connectivity index (χ1n) is 10.7. The van der Waals surface area contributed by atoms with Gasteiger partial charge >= 0.3 is 6.09 Å². The number of aromatic nitrogens is 2. The van der Waals surface area contributed by atoms with Crippen molar-refractivity contribution in [2.75, 3.05) is 11.9 Å². The second-order valence-corrected chi connectivity index (χ2v) is 10.8. The molecule has 0 aliphatic heterocycles. The molecular weight excluding hydrogens is 504 g/mol. The van der Waals surface area contributed by atoms with Crippen LogP contribution in [0, 0.1) is 0 Å². The van der Waals surface area contributed by atoms with Gasteiger partial charge in [0.1, 0.15) is 0 Å². The Balaban J connectivity index is 1.59. The number of unbranched alkanes of at least 4 members (excludes halogenated alkanes) is 1. The third kappa shape index (κ3) is 6.45. The van der Waals surface area contributed by atoms with Crippen LogP contribution in [-0.4, -0.2) is 43.9 Å². The van der Waals surface area contributed by atoms with Gasteiger partial charge in [-0.3, -0.25) is 9.48 Å². The van der Waals surface area contributed by atoms with Gasteiger partial charge in [-0.15, -0.1) is 11.3 Å². The van der Waals surface area contributed by atoms with Crippen LogP contribution in [0.4, 0.5) is 10.5 Å². The number of carboxylic acid groups (broad SMARTS) is 1. The minimum Gasteiger partial charge on any atom is -0.465 e. The van der Waals surface area contributed by atoms with E-state index >= 15 is 0 Å². The molecule has 2 aromatic heterocycles. The van der Waals surface area contributed by atoms with Gasteiger partial charge in [0.05, 0.1) is 15.4 Å². The highest BCUT2D eigenvalue weighted by Gasteiger charge is 2.25. The fourth-order valence-electron chi connectivity index (χ4n) is 3.57. The number of carbonyl (C=O) groups excluding carboxylic acids is 1. The topological polar surface area (TPSA) is 87.5 Å². The van der Waals surface area contributed by atoms with Gasteiger partial charge in [0.25, 0.3) is 5.91 Å². The zero-order valence-corrected chi connectivity index (χ0v) is 21.7. The van der Waals surface area contributed by atoms with Crippen LogP contribution >= 0.6 is 27.3 Å². The molecular formula is C24H29BrN4O3S. The van der Waals surface area contributed by atoms with E-state index in [4.69, 9.17) is 0 Å². The summed E-state index contributed by atoms with van der Waals surface area (Å²) in [7, 11) is 1.87. The number of rotatable bonds is 8. The van der Waals surface area contributed by atoms with E-state index < -0.39 is 11.6 Å². The van der Waals surface area contributed by atoms with Crippen LogP contribution in [0.2, 0.25) is 0 Å². The summed E-state index contributed by atoms with van der Waals surface area (Å²) in [6.45, 7) is 6.21. The van der Waals surface area contributed by atoms with Gasteiger partial charge in [0.15, 0.2) is 0 Å². The third-order valence-corrected chi connectivity index (χ3v) is 7.33. The number of halogens is 1. The molecule has 2 N–H and O–H groups in total. The Morgan fingerprint density at radius 3 is 2.61 bits per heavy atom. The number of nitrogens with zero attached hydrogens (tertiary/aromatic N) is 3. The van der Waals surface area contributed by atoms with Crippen LogP contribution in [0.15, 0.2) is 47.1 Å². The van der Waals surface area contributed by atoms with E-state index in [9.17, 15) is 14.7 Å². The van der Waals surface area contributed by atoms with Gasteiger partial charge in [-0.2, -0.15) is 5.10 Å². The van der Waals surface area contributed by atoms with Crippen molar-refractivity contribution in [2.45, 2.75) is 45.6 Å². The van der Waals surface area contributed by atoms with Gasteiger partial charge in [-0.1, -0.05) is 12.1 Å². The molecule has 2 heterocycles. The maximum atomic E-state index is 12.8. The molecule has 0 atom stereocenters. The van der Waals surface area contributed by atoms with Crippen LogP contribution in [0.25, 0.3) is 10.6 Å². The van der Waals surface area contributed by atoms with E-state index in [1.807, 2.05) is 64.2 Å². The van der Waals surface area contributed by atoms with E-state index in [2.05, 4.69) is 26.3 Å². The summed E-state index contributed by atoms with van der Waals surface area (Å²) in [5, 5.41) is 16.6. The molecule has 0 aliphatic rings. The maximum Gasteiger partial charge on any atom is 0.407 e. The molecule has 33 heavy (non-hydrogen) atoms. The highest BCUT2D eigenvalue weighted by atomic mass is 79.9. The second kappa shape index (κ2) is 10.5. The number of thiophene rings is 1. The quantitative estimate of drug-likeness (QED) is 0.335. The standard InChI is InChI=1S/C24H29BrN4O3S/c1-24(2,3)29(23(31)32)13-6-5-8-16-9-7-10-17(14-16)27-22(30)20-15-18(25)21(33-20)19-11-12-26-28(19)4/h7,9-12,14-15H,5-6,8,13H2,1-4H3,(H,27,30)(H,31,32). The van der Waals surface area contributed by atoms with E-state index in [1.54, 1.807) is 10.9 Å². The fraction of sp³-hybridized carbons (Fsp3) is 0.375. The number of carbonyl (C=O) groups is 2. The Hall–Kier alpha value is -2.65. The van der Waals surface area contributed by atoms with E-state index in [0.717, 1.165) is 45.6 Å². The molecule has 3 rings (SSSR count). The molecule has 0 spiro atoms. The maximum absolute atomic E-state index is 12.8. The molecule has 0 unspecified atom stereocenters. The lowest BCUT2D eigenvalue weighted by Crippen LogP contribution is -2.45. The number of benzene rings is 1. The molecule has 0 bridgehead atoms. The van der Waals surface area contributed by atoms with Gasteiger partial charge in [0.2, 0.25) is 0 Å². The monoisotopic (exact) mass is 532 g/mol. The van der Waals surface area contributed by atoms with Crippen LogP contribution in [-0.2, 0) is 13.5 Å². The Morgan fingerprint density at radius 1 is 1.21 bits per heavy atom. The molecule has 0 aliphatic carbocycles. The predicted octanol–water partition coefficient (Wildman–Crippen LogP) is 6.26. The summed E-state index contributed by atoms with van der Waals surface area (Å²) in [6, 6.07) is 11.5. The van der Waals surface area contributed by atoms with Crippen molar-refractivity contribution in [1.29, 1.82) is 0 Å². The molecule has 9 heteroatoms. The second-order valence-electron chi connectivity index (χ2n) is 8.84. The first kappa shape index (κ1) is 25.0. The Bertz CT molecular complexity index is 1130. The summed E-state index contributed by atoms with van der Waals surface area (Å²) >= 11 is 4.97. The Labute approximate surface area is 206 Å². The van der Waals surface area contributed by atoms with Crippen molar-refractivity contribution in [1.82, 2.24) is 14.7 Å². The van der Waals surface area contributed by atoms with Crippen molar-refractivity contribution in [3.63, 3.8) is 0 Å². The number of hydrogen-bond donors (Lipinski definition) is 2. The van der Waals surface area contributed by atoms with Gasteiger partial charge in [-0.25, -0.2) is 4.79 Å². The summed E-state index contributed by atoms with van der Waals surface area (Å²) in [4.78, 5) is 27.3. The molecule has 0 fully saturated rings. The first-order valence-corrected chi connectivity index (χ1v) is 12.4. The van der Waals surface area contributed by atoms with Gasteiger partial charge in [0, 0.05) is 35.5 Å². The van der Waals surface area contributed by atoms with E-state index in [1.165, 1.54) is 16.2 Å². The van der Waals surface area contributed by atoms with Crippen LogP contribution in [0.5, 0.6) is 0 Å². The lowest BCUT2D eigenvalue weighted by atomic mass is 10.0. The normalized spacial score (nSPS) is 11.4. The average Bonchev–Trinajstić information content (AvgIpc) is 3.31. The smallest absolute Gasteiger partial charge is 0.407 e. The number of amides is 2. The summed E-state index contributed by atoms with van der Waals surface area (Å²) in [6.07, 6.45) is 3.30. The largest absolute Gasteiger partial charge is 0.465 e. The highest BCUT2D eigenvalue weighted by molar-refractivity contribution is 9.10. The van der Waals surface area contributed by atoms with Crippen molar-refractivity contribution >= 4 is 45.0 Å². The van der Waals surface area contributed by atoms with Crippen LogP contribution in [0.1, 0.15) is 48.8 Å². The average molecular weight is 533 g/mol. The van der Waals surface area contributed by atoms with E-state index in [0.29, 0.717) is 11.4 Å². The number of anilines is 1. The molecule has 0 radical (unpaired) electrons. The zero-order chi connectivity index (χ0) is 24.2. The molecule has 3 aromatic rings. The lowest BCUT2D eigenvalue weighted by Gasteiger charge is -2.33. The predicted molar refractivity (Wildman–Crippen MR) is 136 cm³/mol. The first-order chi connectivity index (χ1) is 15.6. The molecule has 176 valence electrons. The molecule has 7 nitrogen and oxygen atoms in total. The van der Waals surface area contributed by atoms with Crippen molar-refractivity contribution in [3.8, 4) is 10.6 Å². The molecule has 0 saturated carbocycles. The SMILES string of the molecule is Cn1nccc1-c1sc(C(=O)Nc2cccc(CCCCN(C(=O)O)C(C)(C)C)c2)cc1Br. The highest BCUT2D eigenvalue weighted by Crippen LogP contribution is 2.36. The Morgan fingerprint density at radius 2 is 1.97 bits per heavy atom.